The molecule has 1 aliphatic rings. The van der Waals surface area contributed by atoms with Crippen molar-refractivity contribution in [2.24, 2.45) is 11.3 Å². The van der Waals surface area contributed by atoms with Gasteiger partial charge in [0, 0.05) is 12.5 Å². The van der Waals surface area contributed by atoms with Gasteiger partial charge in [0.15, 0.2) is 0 Å². The number of likely N-dealkylation sites (tertiary alicyclic amines) is 1. The number of halogens is 1. The number of hydrogen-bond donors (Lipinski definition) is 0. The van der Waals surface area contributed by atoms with E-state index < -0.39 is 12.1 Å². The number of nitrogens with zero attached hydrogens (tertiary/aromatic N) is 1. The molecule has 1 aliphatic heterocycles. The summed E-state index contributed by atoms with van der Waals surface area (Å²) in [5.41, 5.74) is -0.684. The van der Waals surface area contributed by atoms with Gasteiger partial charge in [-0.1, -0.05) is 0 Å². The Morgan fingerprint density at radius 2 is 2.36 bits per heavy atom. The second-order valence-corrected chi connectivity index (χ2v) is 4.29. The Balaban J connectivity index is 2.82. The van der Waals surface area contributed by atoms with Crippen LogP contribution in [0.3, 0.4) is 0 Å². The zero-order valence-electron chi connectivity index (χ0n) is 9.05. The Hall–Kier alpha value is -0.640. The van der Waals surface area contributed by atoms with Crippen LogP contribution in [0.1, 0.15) is 13.3 Å². The molecule has 0 amide bonds. The van der Waals surface area contributed by atoms with Crippen LogP contribution >= 0.6 is 0 Å². The summed E-state index contributed by atoms with van der Waals surface area (Å²) >= 11 is 0. The van der Waals surface area contributed by atoms with Crippen LogP contribution in [0.15, 0.2) is 0 Å². The highest BCUT2D eigenvalue weighted by molar-refractivity contribution is 5.77. The molecule has 0 N–H and O–H groups in total. The molecule has 0 radical (unpaired) electrons. The van der Waals surface area contributed by atoms with E-state index in [0.717, 1.165) is 13.0 Å². The second-order valence-electron chi connectivity index (χ2n) is 4.29. The normalized spacial score (nSPS) is 34.1. The van der Waals surface area contributed by atoms with Gasteiger partial charge in [0.1, 0.15) is 0 Å². The Bertz CT molecular complexity index is 222. The lowest BCUT2D eigenvalue weighted by Gasteiger charge is -2.41. The molecule has 82 valence electrons. The first-order valence-electron chi connectivity index (χ1n) is 4.87. The molecule has 0 aromatic rings. The third kappa shape index (κ3) is 1.90. The number of carbonyl (C=O) groups excluding carboxylic acids is 1. The molecule has 1 heterocycles. The first-order valence-corrected chi connectivity index (χ1v) is 4.87. The van der Waals surface area contributed by atoms with Gasteiger partial charge in [-0.3, -0.25) is 9.18 Å². The summed E-state index contributed by atoms with van der Waals surface area (Å²) in [6.07, 6.45) is 0.721. The van der Waals surface area contributed by atoms with Crippen molar-refractivity contribution in [1.82, 2.24) is 4.90 Å². The summed E-state index contributed by atoms with van der Waals surface area (Å²) in [5.74, 6) is -0.502. The van der Waals surface area contributed by atoms with E-state index in [0.29, 0.717) is 6.54 Å². The molecule has 1 saturated heterocycles. The molecule has 0 aromatic heterocycles. The topological polar surface area (TPSA) is 29.5 Å². The molecule has 0 unspecified atom stereocenters. The maximum absolute atomic E-state index is 12.8. The summed E-state index contributed by atoms with van der Waals surface area (Å²) in [6.45, 7) is 2.77. The van der Waals surface area contributed by atoms with Crippen LogP contribution in [0.2, 0.25) is 0 Å². The van der Waals surface area contributed by atoms with Crippen LogP contribution in [-0.2, 0) is 9.53 Å². The number of methoxy groups -OCH3 is 1. The van der Waals surface area contributed by atoms with Crippen molar-refractivity contribution in [2.45, 2.75) is 13.3 Å². The predicted molar refractivity (Wildman–Crippen MR) is 51.7 cm³/mol. The minimum atomic E-state index is -0.684. The average Bonchev–Trinajstić information content (AvgIpc) is 2.16. The fourth-order valence-corrected chi connectivity index (χ4v) is 2.18. The molecule has 0 bridgehead atoms. The highest BCUT2D eigenvalue weighted by Gasteiger charge is 2.45. The maximum Gasteiger partial charge on any atom is 0.313 e. The quantitative estimate of drug-likeness (QED) is 0.629. The monoisotopic (exact) mass is 203 g/mol. The van der Waals surface area contributed by atoms with Crippen molar-refractivity contribution in [2.75, 3.05) is 33.9 Å². The summed E-state index contributed by atoms with van der Waals surface area (Å²) in [5, 5.41) is 0. The first kappa shape index (κ1) is 11.4. The second kappa shape index (κ2) is 4.26. The van der Waals surface area contributed by atoms with E-state index in [1.165, 1.54) is 7.11 Å². The lowest BCUT2D eigenvalue weighted by atomic mass is 9.73. The third-order valence-corrected chi connectivity index (χ3v) is 3.20. The molecule has 0 saturated carbocycles. The number of ether oxygens (including phenoxy) is 1. The minimum Gasteiger partial charge on any atom is -0.469 e. The Morgan fingerprint density at radius 1 is 1.71 bits per heavy atom. The summed E-state index contributed by atoms with van der Waals surface area (Å²) in [7, 11) is 3.30. The molecule has 3 nitrogen and oxygen atoms in total. The molecule has 2 atom stereocenters. The highest BCUT2D eigenvalue weighted by atomic mass is 19.1. The standard InChI is InChI=1S/C10H18FNO2/c1-10(9(13)14-3)7-12(2)5-4-8(10)6-11/h8H,4-7H2,1-3H3/t8-,10-/m1/s1. The van der Waals surface area contributed by atoms with E-state index in [4.69, 9.17) is 4.74 Å². The number of esters is 1. The zero-order chi connectivity index (χ0) is 10.8. The highest BCUT2D eigenvalue weighted by Crippen LogP contribution is 2.36. The van der Waals surface area contributed by atoms with Gasteiger partial charge >= 0.3 is 5.97 Å². The fourth-order valence-electron chi connectivity index (χ4n) is 2.18. The van der Waals surface area contributed by atoms with Crippen LogP contribution in [0.5, 0.6) is 0 Å². The lowest BCUT2D eigenvalue weighted by Crippen LogP contribution is -2.51. The molecule has 1 rings (SSSR count). The van der Waals surface area contributed by atoms with Gasteiger partial charge in [-0.25, -0.2) is 0 Å². The molecule has 4 heteroatoms. The van der Waals surface area contributed by atoms with Gasteiger partial charge in [0.25, 0.3) is 0 Å². The summed E-state index contributed by atoms with van der Waals surface area (Å²) < 4.78 is 17.5. The van der Waals surface area contributed by atoms with Gasteiger partial charge < -0.3 is 9.64 Å². The van der Waals surface area contributed by atoms with Gasteiger partial charge in [0.05, 0.1) is 19.2 Å². The van der Waals surface area contributed by atoms with E-state index in [-0.39, 0.29) is 11.9 Å². The van der Waals surface area contributed by atoms with Crippen LogP contribution in [0.4, 0.5) is 4.39 Å². The molecule has 0 spiro atoms. The van der Waals surface area contributed by atoms with Gasteiger partial charge in [-0.05, 0) is 26.9 Å². The molecule has 14 heavy (non-hydrogen) atoms. The van der Waals surface area contributed by atoms with Gasteiger partial charge in [0.2, 0.25) is 0 Å². The first-order chi connectivity index (χ1) is 6.54. The van der Waals surface area contributed by atoms with E-state index >= 15 is 0 Å². The fraction of sp³-hybridized carbons (Fsp3) is 0.900. The Labute approximate surface area is 84.2 Å². The van der Waals surface area contributed by atoms with E-state index in [9.17, 15) is 9.18 Å². The number of carbonyl (C=O) groups is 1. The summed E-state index contributed by atoms with van der Waals surface area (Å²) in [4.78, 5) is 13.6. The van der Waals surface area contributed by atoms with Crippen molar-refractivity contribution in [3.63, 3.8) is 0 Å². The van der Waals surface area contributed by atoms with E-state index in [2.05, 4.69) is 0 Å². The lowest BCUT2D eigenvalue weighted by molar-refractivity contribution is -0.159. The zero-order valence-corrected chi connectivity index (χ0v) is 9.05. The third-order valence-electron chi connectivity index (χ3n) is 3.20. The van der Waals surface area contributed by atoms with Crippen molar-refractivity contribution in [3.05, 3.63) is 0 Å². The SMILES string of the molecule is COC(=O)[C@]1(C)CN(C)CC[C@@H]1CF. The number of alkyl halides is 1. The molecular formula is C10H18FNO2. The summed E-state index contributed by atoms with van der Waals surface area (Å²) in [6, 6.07) is 0. The molecule has 1 fully saturated rings. The Morgan fingerprint density at radius 3 is 2.86 bits per heavy atom. The largest absolute Gasteiger partial charge is 0.469 e. The number of rotatable bonds is 2. The van der Waals surface area contributed by atoms with E-state index in [1.807, 2.05) is 11.9 Å². The average molecular weight is 203 g/mol. The van der Waals surface area contributed by atoms with Crippen molar-refractivity contribution in [3.8, 4) is 0 Å². The van der Waals surface area contributed by atoms with Gasteiger partial charge in [-0.15, -0.1) is 0 Å². The smallest absolute Gasteiger partial charge is 0.313 e. The molecule has 0 aliphatic carbocycles. The van der Waals surface area contributed by atoms with Crippen molar-refractivity contribution in [1.29, 1.82) is 0 Å². The van der Waals surface area contributed by atoms with Crippen LogP contribution in [0.25, 0.3) is 0 Å². The molecule has 0 aromatic carbocycles. The Kier molecular flexibility index (Phi) is 3.48. The van der Waals surface area contributed by atoms with Crippen LogP contribution in [0, 0.1) is 11.3 Å². The number of piperidine rings is 1. The maximum atomic E-state index is 12.8. The van der Waals surface area contributed by atoms with Crippen LogP contribution < -0.4 is 0 Å². The van der Waals surface area contributed by atoms with Crippen molar-refractivity contribution < 1.29 is 13.9 Å². The molecular weight excluding hydrogens is 185 g/mol. The van der Waals surface area contributed by atoms with Crippen LogP contribution in [-0.4, -0.2) is 44.8 Å². The predicted octanol–water partition coefficient (Wildman–Crippen LogP) is 1.09. The minimum absolute atomic E-state index is 0.203. The van der Waals surface area contributed by atoms with E-state index in [1.54, 1.807) is 6.92 Å². The van der Waals surface area contributed by atoms with Gasteiger partial charge in [-0.2, -0.15) is 0 Å². The number of hydrogen-bond acceptors (Lipinski definition) is 3. The van der Waals surface area contributed by atoms with Crippen molar-refractivity contribution >= 4 is 5.97 Å².